The van der Waals surface area contributed by atoms with Gasteiger partial charge in [0.15, 0.2) is 0 Å². The number of halogens is 2. The number of hydrogen-bond acceptors (Lipinski definition) is 7. The largest absolute Gasteiger partial charge is 0.355 e. The summed E-state index contributed by atoms with van der Waals surface area (Å²) in [4.78, 5) is 12.6. The van der Waals surface area contributed by atoms with Gasteiger partial charge in [0, 0.05) is 24.9 Å². The van der Waals surface area contributed by atoms with E-state index in [0.717, 1.165) is 32.6 Å². The maximum absolute atomic E-state index is 14.0. The Morgan fingerprint density at radius 2 is 1.71 bits per heavy atom. The van der Waals surface area contributed by atoms with Crippen molar-refractivity contribution in [3.63, 3.8) is 0 Å². The number of rotatable bonds is 7. The molecule has 4 fully saturated rings. The summed E-state index contributed by atoms with van der Waals surface area (Å²) in [5.41, 5.74) is 6.69. The van der Waals surface area contributed by atoms with E-state index in [4.69, 9.17) is 0 Å². The van der Waals surface area contributed by atoms with Crippen LogP contribution in [0.2, 0.25) is 0 Å². The van der Waals surface area contributed by atoms with Crippen LogP contribution in [0.15, 0.2) is 0 Å². The molecule has 6 unspecified atom stereocenters. The minimum atomic E-state index is -1.15. The third kappa shape index (κ3) is 6.33. The van der Waals surface area contributed by atoms with Crippen molar-refractivity contribution < 1.29 is 13.6 Å². The molecule has 3 heterocycles. The summed E-state index contributed by atoms with van der Waals surface area (Å²) in [6, 6.07) is 0. The van der Waals surface area contributed by atoms with Crippen LogP contribution in [0.4, 0.5) is 8.78 Å². The zero-order valence-electron chi connectivity index (χ0n) is 18.3. The highest BCUT2D eigenvalue weighted by molar-refractivity contribution is 5.78. The number of carbonyl (C=O) groups excluding carboxylic acids is 1. The molecule has 0 aromatic heterocycles. The minimum Gasteiger partial charge on any atom is -0.355 e. The molecule has 0 radical (unpaired) electrons. The van der Waals surface area contributed by atoms with Crippen LogP contribution in [0.25, 0.3) is 0 Å². The molecule has 0 aromatic rings. The Balaban J connectivity index is 1.16. The summed E-state index contributed by atoms with van der Waals surface area (Å²) < 4.78 is 28.0. The molecule has 4 aliphatic rings. The Kier molecular flexibility index (Phi) is 8.47. The summed E-state index contributed by atoms with van der Waals surface area (Å²) in [7, 11) is 0. The number of alkyl halides is 2. The highest BCUT2D eigenvalue weighted by Gasteiger charge is 2.35. The molecule has 4 rings (SSSR count). The van der Waals surface area contributed by atoms with Gasteiger partial charge in [-0.1, -0.05) is 0 Å². The predicted octanol–water partition coefficient (Wildman–Crippen LogP) is -0.157. The van der Waals surface area contributed by atoms with Crippen molar-refractivity contribution in [1.29, 1.82) is 0 Å². The number of hydrazine groups is 1. The van der Waals surface area contributed by atoms with Gasteiger partial charge in [0.25, 0.3) is 0 Å². The van der Waals surface area contributed by atoms with Gasteiger partial charge in [-0.3, -0.25) is 15.4 Å². The van der Waals surface area contributed by atoms with E-state index in [9.17, 15) is 13.6 Å². The van der Waals surface area contributed by atoms with Crippen LogP contribution in [0.3, 0.4) is 0 Å². The van der Waals surface area contributed by atoms with Crippen LogP contribution in [-0.4, -0.2) is 69.5 Å². The normalized spacial score (nSPS) is 40.0. The van der Waals surface area contributed by atoms with Gasteiger partial charge in [0.2, 0.25) is 5.91 Å². The fourth-order valence-electron chi connectivity index (χ4n) is 5.38. The zero-order valence-corrected chi connectivity index (χ0v) is 18.3. The Bertz CT molecular complexity index is 570. The van der Waals surface area contributed by atoms with E-state index in [1.54, 1.807) is 0 Å². The number of hydrogen-bond donors (Lipinski definition) is 7. The lowest BCUT2D eigenvalue weighted by Gasteiger charge is -2.33. The van der Waals surface area contributed by atoms with Gasteiger partial charge in [-0.05, 0) is 70.5 Å². The van der Waals surface area contributed by atoms with Gasteiger partial charge in [-0.25, -0.2) is 19.6 Å². The summed E-state index contributed by atoms with van der Waals surface area (Å²) in [6.45, 7) is 3.72. The van der Waals surface area contributed by atoms with Gasteiger partial charge in [-0.15, -0.1) is 0 Å². The lowest BCUT2D eigenvalue weighted by Crippen LogP contribution is -2.55. The molecule has 8 nitrogen and oxygen atoms in total. The molecular weight excluding hydrogens is 404 g/mol. The molecule has 1 aliphatic carbocycles. The van der Waals surface area contributed by atoms with E-state index in [2.05, 4.69) is 37.4 Å². The van der Waals surface area contributed by atoms with E-state index in [1.165, 1.54) is 12.8 Å². The highest BCUT2D eigenvalue weighted by atomic mass is 19.1. The molecule has 7 N–H and O–H groups in total. The molecule has 1 amide bonds. The second-order valence-electron chi connectivity index (χ2n) is 9.58. The van der Waals surface area contributed by atoms with E-state index in [0.29, 0.717) is 31.6 Å². The molecule has 0 spiro atoms. The van der Waals surface area contributed by atoms with Crippen molar-refractivity contribution in [3.8, 4) is 0 Å². The van der Waals surface area contributed by atoms with E-state index in [1.807, 2.05) is 0 Å². The van der Waals surface area contributed by atoms with Crippen molar-refractivity contribution >= 4 is 5.91 Å². The lowest BCUT2D eigenvalue weighted by molar-refractivity contribution is -0.126. The van der Waals surface area contributed by atoms with Gasteiger partial charge in [-0.2, -0.15) is 0 Å². The SMILES string of the molecule is O=C(NCC1C(F)CCCC1F)C1CCNC(NCC2NNC(C3CCNCC3)N2)C1. The summed E-state index contributed by atoms with van der Waals surface area (Å²) in [6.07, 6.45) is 3.29. The second kappa shape index (κ2) is 11.3. The van der Waals surface area contributed by atoms with Crippen LogP contribution in [0, 0.1) is 17.8 Å². The Labute approximate surface area is 183 Å². The first-order valence-corrected chi connectivity index (χ1v) is 12.1. The molecule has 3 aliphatic heterocycles. The topological polar surface area (TPSA) is 101 Å². The van der Waals surface area contributed by atoms with Crippen LogP contribution < -0.4 is 37.4 Å². The smallest absolute Gasteiger partial charge is 0.223 e. The molecule has 6 atom stereocenters. The fraction of sp³-hybridized carbons (Fsp3) is 0.952. The van der Waals surface area contributed by atoms with Crippen LogP contribution in [0.1, 0.15) is 44.9 Å². The Hall–Kier alpha value is -0.910. The fourth-order valence-corrected chi connectivity index (χ4v) is 5.38. The second-order valence-corrected chi connectivity index (χ2v) is 9.58. The van der Waals surface area contributed by atoms with Crippen molar-refractivity contribution in [2.24, 2.45) is 17.8 Å². The van der Waals surface area contributed by atoms with Crippen molar-refractivity contribution in [2.45, 2.75) is 75.8 Å². The quantitative estimate of drug-likeness (QED) is 0.294. The molecule has 31 heavy (non-hydrogen) atoms. The molecule has 0 bridgehead atoms. The first-order valence-electron chi connectivity index (χ1n) is 12.1. The minimum absolute atomic E-state index is 0.0450. The Morgan fingerprint density at radius 3 is 2.48 bits per heavy atom. The Morgan fingerprint density at radius 1 is 0.935 bits per heavy atom. The summed E-state index contributed by atoms with van der Waals surface area (Å²) in [5.74, 6) is -0.295. The van der Waals surface area contributed by atoms with Crippen LogP contribution in [0.5, 0.6) is 0 Å². The molecule has 0 aromatic carbocycles. The third-order valence-corrected chi connectivity index (χ3v) is 7.39. The summed E-state index contributed by atoms with van der Waals surface area (Å²) >= 11 is 0. The van der Waals surface area contributed by atoms with Gasteiger partial charge in [0.05, 0.1) is 18.5 Å². The number of nitrogens with one attached hydrogen (secondary N) is 7. The van der Waals surface area contributed by atoms with Crippen molar-refractivity contribution in [1.82, 2.24) is 37.4 Å². The number of amides is 1. The van der Waals surface area contributed by atoms with Crippen LogP contribution in [-0.2, 0) is 4.79 Å². The predicted molar refractivity (Wildman–Crippen MR) is 115 cm³/mol. The number of carbonyl (C=O) groups is 1. The van der Waals surface area contributed by atoms with Crippen molar-refractivity contribution in [3.05, 3.63) is 0 Å². The zero-order chi connectivity index (χ0) is 21.6. The summed E-state index contributed by atoms with van der Waals surface area (Å²) in [5, 5.41) is 16.8. The van der Waals surface area contributed by atoms with E-state index < -0.39 is 18.3 Å². The van der Waals surface area contributed by atoms with Gasteiger partial charge in [0.1, 0.15) is 12.3 Å². The van der Waals surface area contributed by atoms with Gasteiger partial charge >= 0.3 is 0 Å². The molecule has 178 valence electrons. The van der Waals surface area contributed by atoms with E-state index >= 15 is 0 Å². The first-order chi connectivity index (χ1) is 15.1. The van der Waals surface area contributed by atoms with E-state index in [-0.39, 0.29) is 36.9 Å². The maximum Gasteiger partial charge on any atom is 0.223 e. The van der Waals surface area contributed by atoms with Crippen molar-refractivity contribution in [2.75, 3.05) is 32.7 Å². The monoisotopic (exact) mass is 443 g/mol. The van der Waals surface area contributed by atoms with Gasteiger partial charge < -0.3 is 16.0 Å². The average Bonchev–Trinajstić information content (AvgIpc) is 3.27. The molecular formula is C21H39F2N7O. The lowest BCUT2D eigenvalue weighted by atomic mass is 9.85. The average molecular weight is 444 g/mol. The maximum atomic E-state index is 14.0. The third-order valence-electron chi connectivity index (χ3n) is 7.39. The van der Waals surface area contributed by atoms with Crippen LogP contribution >= 0.6 is 0 Å². The molecule has 10 heteroatoms. The first kappa shape index (κ1) is 23.3. The number of piperidine rings is 2. The highest BCUT2D eigenvalue weighted by Crippen LogP contribution is 2.29. The molecule has 1 saturated carbocycles. The molecule has 3 saturated heterocycles. The standard InChI is InChI=1S/C21H39F2N7O/c22-16-2-1-3-17(23)15(16)11-27-21(31)14-6-9-25-18(10-14)26-12-19-28-20(30-29-19)13-4-7-24-8-5-13/h13-20,24-26,28-30H,1-12H2,(H,27,31).